The molecule has 1 N–H and O–H groups in total. The van der Waals surface area contributed by atoms with Crippen molar-refractivity contribution in [2.24, 2.45) is 0 Å². The third-order valence-corrected chi connectivity index (χ3v) is 4.40. The Morgan fingerprint density at radius 2 is 1.37 bits per heavy atom. The van der Waals surface area contributed by atoms with Gasteiger partial charge in [0.2, 0.25) is 5.78 Å². The summed E-state index contributed by atoms with van der Waals surface area (Å²) < 4.78 is 0. The molecule has 4 nitrogen and oxygen atoms in total. The molecule has 1 aliphatic carbocycles. The van der Waals surface area contributed by atoms with Gasteiger partial charge in [-0.05, 0) is 30.2 Å². The lowest BCUT2D eigenvalue weighted by Gasteiger charge is -2.19. The van der Waals surface area contributed by atoms with Gasteiger partial charge in [-0.15, -0.1) is 0 Å². The van der Waals surface area contributed by atoms with Crippen LogP contribution in [0.1, 0.15) is 47.8 Å². The molecule has 0 saturated carbocycles. The van der Waals surface area contributed by atoms with E-state index < -0.39 is 17.3 Å². The Morgan fingerprint density at radius 3 is 2.07 bits per heavy atom. The molecule has 27 heavy (non-hydrogen) atoms. The van der Waals surface area contributed by atoms with Crippen LogP contribution in [0.2, 0.25) is 0 Å². The molecular formula is C23H12O4. The summed E-state index contributed by atoms with van der Waals surface area (Å²) in [5, 5.41) is 10.6. The summed E-state index contributed by atoms with van der Waals surface area (Å²) >= 11 is 0. The molecule has 0 heterocycles. The standard InChI is InChI=1S/C23H12O4/c24-19(13-10-14-6-2-1-3-7-14)17-11-12-18-20(23(17)27)22(26)16-9-5-4-8-15(16)21(18)25/h1-9,11-12,27H. The number of hydrogen-bond donors (Lipinski definition) is 1. The smallest absolute Gasteiger partial charge is 0.239 e. The van der Waals surface area contributed by atoms with Crippen molar-refractivity contribution in [1.82, 2.24) is 0 Å². The first-order valence-electron chi connectivity index (χ1n) is 8.23. The lowest BCUT2D eigenvalue weighted by molar-refractivity contribution is 0.0975. The number of fused-ring (bicyclic) bond motifs is 2. The third kappa shape index (κ3) is 2.72. The Hall–Kier alpha value is -3.97. The molecule has 0 aliphatic heterocycles. The van der Waals surface area contributed by atoms with Crippen LogP contribution in [0.4, 0.5) is 0 Å². The van der Waals surface area contributed by atoms with E-state index in [-0.39, 0.29) is 33.6 Å². The number of ketones is 3. The van der Waals surface area contributed by atoms with Gasteiger partial charge in [0.15, 0.2) is 11.6 Å². The first-order valence-corrected chi connectivity index (χ1v) is 8.23. The van der Waals surface area contributed by atoms with Gasteiger partial charge >= 0.3 is 0 Å². The van der Waals surface area contributed by atoms with Crippen LogP contribution in [0, 0.1) is 11.8 Å². The van der Waals surface area contributed by atoms with Crippen LogP contribution >= 0.6 is 0 Å². The lowest BCUT2D eigenvalue weighted by Crippen LogP contribution is -2.21. The summed E-state index contributed by atoms with van der Waals surface area (Å²) in [6, 6.07) is 18.1. The van der Waals surface area contributed by atoms with E-state index in [2.05, 4.69) is 11.8 Å². The van der Waals surface area contributed by atoms with Crippen molar-refractivity contribution in [3.63, 3.8) is 0 Å². The summed E-state index contributed by atoms with van der Waals surface area (Å²) in [5.74, 6) is 3.21. The minimum atomic E-state index is -0.627. The number of Topliss-reactive ketones (excluding diaryl/α,β-unsaturated/α-hetero) is 1. The molecule has 0 fully saturated rings. The fourth-order valence-corrected chi connectivity index (χ4v) is 3.07. The molecule has 3 aromatic carbocycles. The van der Waals surface area contributed by atoms with Crippen LogP contribution < -0.4 is 0 Å². The van der Waals surface area contributed by atoms with Crippen molar-refractivity contribution in [2.75, 3.05) is 0 Å². The van der Waals surface area contributed by atoms with Gasteiger partial charge in [0.1, 0.15) is 5.75 Å². The number of phenols is 1. The number of hydrogen-bond acceptors (Lipinski definition) is 4. The molecule has 1 aliphatic rings. The predicted molar refractivity (Wildman–Crippen MR) is 99.1 cm³/mol. The molecule has 0 amide bonds. The predicted octanol–water partition coefficient (Wildman–Crippen LogP) is 3.40. The molecule has 0 saturated heterocycles. The maximum Gasteiger partial charge on any atom is 0.239 e. The van der Waals surface area contributed by atoms with Gasteiger partial charge < -0.3 is 5.11 Å². The Balaban J connectivity index is 1.79. The van der Waals surface area contributed by atoms with Gasteiger partial charge in [0, 0.05) is 22.3 Å². The van der Waals surface area contributed by atoms with Crippen LogP contribution in [0.3, 0.4) is 0 Å². The molecule has 0 atom stereocenters. The Labute approximate surface area is 155 Å². The Kier molecular flexibility index (Phi) is 3.91. The van der Waals surface area contributed by atoms with Crippen LogP contribution in [-0.2, 0) is 0 Å². The van der Waals surface area contributed by atoms with Crippen molar-refractivity contribution in [1.29, 1.82) is 0 Å². The Bertz CT molecular complexity index is 1180. The molecule has 0 unspecified atom stereocenters. The maximum absolute atomic E-state index is 12.8. The number of carbonyl (C=O) groups excluding carboxylic acids is 3. The van der Waals surface area contributed by atoms with Crippen LogP contribution in [-0.4, -0.2) is 22.5 Å². The molecule has 0 aromatic heterocycles. The second kappa shape index (κ2) is 6.40. The van der Waals surface area contributed by atoms with Crippen LogP contribution in [0.5, 0.6) is 5.75 Å². The van der Waals surface area contributed by atoms with E-state index in [1.165, 1.54) is 18.2 Å². The van der Waals surface area contributed by atoms with E-state index >= 15 is 0 Å². The monoisotopic (exact) mass is 352 g/mol. The van der Waals surface area contributed by atoms with Gasteiger partial charge in [0.25, 0.3) is 0 Å². The van der Waals surface area contributed by atoms with E-state index in [9.17, 15) is 19.5 Å². The van der Waals surface area contributed by atoms with Crippen molar-refractivity contribution >= 4 is 17.3 Å². The van der Waals surface area contributed by atoms with Crippen molar-refractivity contribution < 1.29 is 19.5 Å². The minimum absolute atomic E-state index is 0.0868. The largest absolute Gasteiger partial charge is 0.506 e. The second-order valence-corrected chi connectivity index (χ2v) is 6.03. The zero-order valence-electron chi connectivity index (χ0n) is 14.0. The van der Waals surface area contributed by atoms with E-state index in [0.717, 1.165) is 0 Å². The molecule has 4 heteroatoms. The third-order valence-electron chi connectivity index (χ3n) is 4.40. The zero-order valence-corrected chi connectivity index (χ0v) is 14.0. The molecular weight excluding hydrogens is 340 g/mol. The van der Waals surface area contributed by atoms with Crippen molar-refractivity contribution in [2.45, 2.75) is 0 Å². The SMILES string of the molecule is O=C(C#Cc1ccccc1)c1ccc2c(c1O)C(=O)c1ccccc1C2=O. The second-order valence-electron chi connectivity index (χ2n) is 6.03. The number of rotatable bonds is 1. The molecule has 4 rings (SSSR count). The van der Waals surface area contributed by atoms with Crippen molar-refractivity contribution in [3.8, 4) is 17.6 Å². The maximum atomic E-state index is 12.8. The molecule has 0 radical (unpaired) electrons. The number of carbonyl (C=O) groups is 3. The Morgan fingerprint density at radius 1 is 0.741 bits per heavy atom. The lowest BCUT2D eigenvalue weighted by atomic mass is 9.82. The molecule has 128 valence electrons. The molecule has 3 aromatic rings. The summed E-state index contributed by atoms with van der Waals surface area (Å²) in [6.07, 6.45) is 0. The fourth-order valence-electron chi connectivity index (χ4n) is 3.07. The highest BCUT2D eigenvalue weighted by Gasteiger charge is 2.33. The quantitative estimate of drug-likeness (QED) is 0.421. The van der Waals surface area contributed by atoms with Gasteiger partial charge in [-0.2, -0.15) is 0 Å². The van der Waals surface area contributed by atoms with Crippen molar-refractivity contribution in [3.05, 3.63) is 100 Å². The van der Waals surface area contributed by atoms with Gasteiger partial charge in [0.05, 0.1) is 11.1 Å². The summed E-state index contributed by atoms with van der Waals surface area (Å²) in [6.45, 7) is 0. The van der Waals surface area contributed by atoms with Gasteiger partial charge in [-0.1, -0.05) is 48.4 Å². The normalized spacial score (nSPS) is 11.9. The summed E-state index contributed by atoms with van der Waals surface area (Å²) in [5.41, 5.74) is 0.999. The first-order chi connectivity index (χ1) is 13.1. The topological polar surface area (TPSA) is 71.4 Å². The highest BCUT2D eigenvalue weighted by atomic mass is 16.3. The minimum Gasteiger partial charge on any atom is -0.506 e. The fraction of sp³-hybridized carbons (Fsp3) is 0. The molecule has 0 bridgehead atoms. The first kappa shape index (κ1) is 16.5. The van der Waals surface area contributed by atoms with E-state index in [4.69, 9.17) is 0 Å². The van der Waals surface area contributed by atoms with Crippen LogP contribution in [0.25, 0.3) is 0 Å². The summed E-state index contributed by atoms with van der Waals surface area (Å²) in [4.78, 5) is 37.8. The zero-order chi connectivity index (χ0) is 19.0. The average molecular weight is 352 g/mol. The number of benzene rings is 3. The van der Waals surface area contributed by atoms with Gasteiger partial charge in [-0.3, -0.25) is 14.4 Å². The van der Waals surface area contributed by atoms with Crippen LogP contribution in [0.15, 0.2) is 66.7 Å². The van der Waals surface area contributed by atoms with E-state index in [0.29, 0.717) is 5.56 Å². The highest BCUT2D eigenvalue weighted by molar-refractivity contribution is 6.30. The van der Waals surface area contributed by atoms with E-state index in [1.54, 1.807) is 42.5 Å². The number of aromatic hydroxyl groups is 1. The van der Waals surface area contributed by atoms with Gasteiger partial charge in [-0.25, -0.2) is 0 Å². The summed E-state index contributed by atoms with van der Waals surface area (Å²) in [7, 11) is 0. The highest BCUT2D eigenvalue weighted by Crippen LogP contribution is 2.35. The molecule has 0 spiro atoms. The van der Waals surface area contributed by atoms with E-state index in [1.807, 2.05) is 6.07 Å². The number of phenolic OH excluding ortho intramolecular Hbond substituents is 1. The average Bonchev–Trinajstić information content (AvgIpc) is 2.71.